The molecule has 2 amide bonds. The van der Waals surface area contributed by atoms with Crippen molar-refractivity contribution >= 4 is 51.8 Å². The molecule has 1 saturated carbocycles. The van der Waals surface area contributed by atoms with Crippen LogP contribution in [0.1, 0.15) is 58.8 Å². The molecule has 206 valence electrons. The summed E-state index contributed by atoms with van der Waals surface area (Å²) in [5.74, 6) is 0.408. The maximum absolute atomic E-state index is 12.3. The van der Waals surface area contributed by atoms with Crippen LogP contribution < -0.4 is 10.6 Å². The van der Waals surface area contributed by atoms with Crippen LogP contribution in [-0.4, -0.2) is 40.9 Å². The normalized spacial score (nSPS) is 16.4. The summed E-state index contributed by atoms with van der Waals surface area (Å²) in [7, 11) is 1.65. The highest BCUT2D eigenvalue weighted by atomic mass is 32.2. The predicted molar refractivity (Wildman–Crippen MR) is 158 cm³/mol. The van der Waals surface area contributed by atoms with Crippen molar-refractivity contribution in [1.29, 1.82) is 0 Å². The number of rotatable bonds is 7. The van der Waals surface area contributed by atoms with E-state index in [2.05, 4.69) is 35.5 Å². The zero-order valence-corrected chi connectivity index (χ0v) is 23.8. The van der Waals surface area contributed by atoms with Crippen LogP contribution in [0.2, 0.25) is 0 Å². The first-order valence-electron chi connectivity index (χ1n) is 12.8. The van der Waals surface area contributed by atoms with E-state index >= 15 is 0 Å². The summed E-state index contributed by atoms with van der Waals surface area (Å²) in [5, 5.41) is 15.1. The van der Waals surface area contributed by atoms with Crippen LogP contribution in [0.25, 0.3) is 5.76 Å². The molecule has 0 unspecified atom stereocenters. The minimum atomic E-state index is -0.953. The van der Waals surface area contributed by atoms with E-state index in [4.69, 9.17) is 9.84 Å². The molecule has 2 aliphatic rings. The number of aromatic carboxylic acids is 1. The van der Waals surface area contributed by atoms with Gasteiger partial charge in [0.25, 0.3) is 0 Å². The Kier molecular flexibility index (Phi) is 10.5. The van der Waals surface area contributed by atoms with Crippen LogP contribution in [0.3, 0.4) is 0 Å². The van der Waals surface area contributed by atoms with E-state index in [9.17, 15) is 14.4 Å². The van der Waals surface area contributed by atoms with Crippen molar-refractivity contribution in [2.24, 2.45) is 10.9 Å². The van der Waals surface area contributed by atoms with Crippen molar-refractivity contribution < 1.29 is 24.2 Å². The van der Waals surface area contributed by atoms with Gasteiger partial charge >= 0.3 is 5.97 Å². The maximum atomic E-state index is 12.3. The molecule has 1 heterocycles. The number of anilines is 1. The highest BCUT2D eigenvalue weighted by molar-refractivity contribution is 8.15. The lowest BCUT2D eigenvalue weighted by atomic mass is 9.84. The van der Waals surface area contributed by atoms with Crippen LogP contribution in [0, 0.1) is 26.7 Å². The molecule has 1 saturated heterocycles. The Bertz CT molecular complexity index is 1340. The van der Waals surface area contributed by atoms with E-state index in [1.807, 2.05) is 31.2 Å². The minimum absolute atomic E-state index is 0.0624. The number of carbonyl (C=O) groups is 3. The number of nitrogens with one attached hydrogen (secondary N) is 2. The fourth-order valence-electron chi connectivity index (χ4n) is 3.94. The fourth-order valence-corrected chi connectivity index (χ4v) is 4.64. The van der Waals surface area contributed by atoms with Gasteiger partial charge in [-0.1, -0.05) is 30.3 Å². The molecule has 39 heavy (non-hydrogen) atoms. The van der Waals surface area contributed by atoms with Crippen molar-refractivity contribution in [2.45, 2.75) is 47.0 Å². The van der Waals surface area contributed by atoms with Crippen molar-refractivity contribution in [3.05, 3.63) is 76.4 Å². The van der Waals surface area contributed by atoms with Crippen molar-refractivity contribution in [1.82, 2.24) is 5.32 Å². The number of carboxylic acids is 1. The third-order valence-electron chi connectivity index (χ3n) is 6.55. The van der Waals surface area contributed by atoms with Crippen molar-refractivity contribution in [2.75, 3.05) is 18.2 Å². The first-order valence-corrected chi connectivity index (χ1v) is 13.8. The number of aliphatic imine (C=N–C) groups is 1. The first kappa shape index (κ1) is 29.7. The van der Waals surface area contributed by atoms with Gasteiger partial charge in [-0.25, -0.2) is 9.79 Å². The summed E-state index contributed by atoms with van der Waals surface area (Å²) >= 11 is 1.33. The van der Waals surface area contributed by atoms with Gasteiger partial charge in [-0.3, -0.25) is 9.59 Å². The monoisotopic (exact) mass is 549 g/mol. The lowest BCUT2D eigenvalue weighted by Crippen LogP contribution is -2.28. The summed E-state index contributed by atoms with van der Waals surface area (Å²) in [4.78, 5) is 38.3. The Hall–Kier alpha value is -3.85. The SMILES string of the molecule is C/C=C/C=C(\OC)c1cc(C)c(C)cc1NC(=O)C1CCC1.Cc1cc(N=C2NC(=O)CS2)ccc1C(=O)O. The summed E-state index contributed by atoms with van der Waals surface area (Å²) < 4.78 is 5.51. The number of hydrogen-bond donors (Lipinski definition) is 3. The Morgan fingerprint density at radius 3 is 2.36 bits per heavy atom. The van der Waals surface area contributed by atoms with Gasteiger partial charge in [-0.2, -0.15) is 0 Å². The molecule has 3 N–H and O–H groups in total. The topological polar surface area (TPSA) is 117 Å². The largest absolute Gasteiger partial charge is 0.496 e. The second kappa shape index (κ2) is 13.8. The molecular weight excluding hydrogens is 514 g/mol. The zero-order chi connectivity index (χ0) is 28.5. The van der Waals surface area contributed by atoms with E-state index in [1.54, 1.807) is 26.2 Å². The number of thioether (sulfide) groups is 1. The number of aryl methyl sites for hydroxylation is 3. The van der Waals surface area contributed by atoms with E-state index in [1.165, 1.54) is 23.4 Å². The lowest BCUT2D eigenvalue weighted by molar-refractivity contribution is -0.122. The first-order chi connectivity index (χ1) is 18.6. The molecule has 1 aliphatic heterocycles. The maximum Gasteiger partial charge on any atom is 0.335 e. The van der Waals surface area contributed by atoms with Crippen LogP contribution >= 0.6 is 11.8 Å². The second-order valence-corrected chi connectivity index (χ2v) is 10.4. The number of ether oxygens (including phenoxy) is 1. The second-order valence-electron chi connectivity index (χ2n) is 9.42. The number of allylic oxidation sites excluding steroid dienone is 3. The number of nitrogens with zero attached hydrogens (tertiary/aromatic N) is 1. The highest BCUT2D eigenvalue weighted by Crippen LogP contribution is 2.32. The quantitative estimate of drug-likeness (QED) is 0.282. The number of amidine groups is 1. The summed E-state index contributed by atoms with van der Waals surface area (Å²) in [6.07, 6.45) is 8.96. The number of hydrogen-bond acceptors (Lipinski definition) is 6. The van der Waals surface area contributed by atoms with E-state index < -0.39 is 5.97 Å². The average molecular weight is 550 g/mol. The molecule has 0 aromatic heterocycles. The molecule has 1 aliphatic carbocycles. The van der Waals surface area contributed by atoms with Gasteiger partial charge in [0.2, 0.25) is 11.8 Å². The molecule has 2 aromatic carbocycles. The van der Waals surface area contributed by atoms with Crippen LogP contribution in [-0.2, 0) is 14.3 Å². The Balaban J connectivity index is 0.000000223. The fraction of sp³-hybridized carbons (Fsp3) is 0.333. The van der Waals surface area contributed by atoms with Gasteiger partial charge in [0, 0.05) is 11.5 Å². The number of benzene rings is 2. The van der Waals surface area contributed by atoms with Gasteiger partial charge in [0.15, 0.2) is 5.17 Å². The van der Waals surface area contributed by atoms with E-state index in [0.717, 1.165) is 41.8 Å². The summed E-state index contributed by atoms with van der Waals surface area (Å²) in [5.41, 5.74) is 5.64. The van der Waals surface area contributed by atoms with Gasteiger partial charge < -0.3 is 20.5 Å². The summed E-state index contributed by atoms with van der Waals surface area (Å²) in [6.45, 7) is 7.80. The van der Waals surface area contributed by atoms with Gasteiger partial charge in [-0.05, 0) is 93.6 Å². The zero-order valence-electron chi connectivity index (χ0n) is 23.0. The van der Waals surface area contributed by atoms with Crippen LogP contribution in [0.4, 0.5) is 11.4 Å². The van der Waals surface area contributed by atoms with Crippen LogP contribution in [0.5, 0.6) is 0 Å². The molecule has 2 aromatic rings. The average Bonchev–Trinajstić information content (AvgIpc) is 3.25. The summed E-state index contributed by atoms with van der Waals surface area (Å²) in [6, 6.07) is 8.92. The molecule has 2 fully saturated rings. The molecule has 8 nitrogen and oxygen atoms in total. The molecule has 0 spiro atoms. The smallest absolute Gasteiger partial charge is 0.335 e. The number of methoxy groups -OCH3 is 1. The molecule has 0 atom stereocenters. The van der Waals surface area contributed by atoms with E-state index in [-0.39, 0.29) is 23.3 Å². The predicted octanol–water partition coefficient (Wildman–Crippen LogP) is 6.15. The van der Waals surface area contributed by atoms with E-state index in [0.29, 0.717) is 22.2 Å². The number of carbonyl (C=O) groups excluding carboxylic acids is 2. The molecule has 0 radical (unpaired) electrons. The lowest BCUT2D eigenvalue weighted by Gasteiger charge is -2.25. The minimum Gasteiger partial charge on any atom is -0.496 e. The third kappa shape index (κ3) is 8.07. The number of carboxylic acid groups (broad SMARTS) is 1. The molecule has 9 heteroatoms. The van der Waals surface area contributed by atoms with Gasteiger partial charge in [-0.15, -0.1) is 0 Å². The number of amides is 2. The molecule has 0 bridgehead atoms. The standard InChI is InChI=1S/C19H25NO2.C11H10N2O3S/c1-5-6-10-18(22-4)16-11-13(2)14(3)12-17(16)20-19(21)15-8-7-9-15;1-6-4-7(2-3-8(6)10(15)16)12-11-13-9(14)5-17-11/h5-6,10-12,15H,7-9H2,1-4H3,(H,20,21);2-4H,5H2,1H3,(H,15,16)(H,12,13,14)/b6-5+,18-10-;. The van der Waals surface area contributed by atoms with Gasteiger partial charge in [0.1, 0.15) is 5.76 Å². The van der Waals surface area contributed by atoms with Crippen LogP contribution in [0.15, 0.2) is 53.6 Å². The highest BCUT2D eigenvalue weighted by Gasteiger charge is 2.26. The molecule has 4 rings (SSSR count). The van der Waals surface area contributed by atoms with Crippen molar-refractivity contribution in [3.63, 3.8) is 0 Å². The Morgan fingerprint density at radius 2 is 1.82 bits per heavy atom. The molecular formula is C30H35N3O5S. The Labute approximate surface area is 233 Å². The van der Waals surface area contributed by atoms with Gasteiger partial charge in [0.05, 0.1) is 29.8 Å². The Morgan fingerprint density at radius 1 is 1.10 bits per heavy atom. The van der Waals surface area contributed by atoms with Crippen molar-refractivity contribution in [3.8, 4) is 0 Å². The third-order valence-corrected chi connectivity index (χ3v) is 7.42.